The Hall–Kier alpha value is -1.09. The quantitative estimate of drug-likeness (QED) is 0.851. The molecule has 0 unspecified atom stereocenters. The first-order valence-corrected chi connectivity index (χ1v) is 5.67. The van der Waals surface area contributed by atoms with Crippen molar-refractivity contribution in [2.75, 3.05) is 12.4 Å². The molecule has 0 fully saturated rings. The van der Waals surface area contributed by atoms with Crippen molar-refractivity contribution < 1.29 is 0 Å². The van der Waals surface area contributed by atoms with Crippen molar-refractivity contribution in [3.8, 4) is 0 Å². The van der Waals surface area contributed by atoms with Gasteiger partial charge in [-0.15, -0.1) is 0 Å². The van der Waals surface area contributed by atoms with Crippen molar-refractivity contribution in [1.29, 1.82) is 0 Å². The molecule has 0 aliphatic rings. The van der Waals surface area contributed by atoms with Gasteiger partial charge in [0.2, 0.25) is 0 Å². The third-order valence-electron chi connectivity index (χ3n) is 2.60. The summed E-state index contributed by atoms with van der Waals surface area (Å²) in [7, 11) is 1.90. The minimum Gasteiger partial charge on any atom is -0.373 e. The van der Waals surface area contributed by atoms with E-state index in [4.69, 9.17) is 0 Å². The average Bonchev–Trinajstić information content (AvgIpc) is 2.23. The predicted molar refractivity (Wildman–Crippen MR) is 68.5 cm³/mol. The van der Waals surface area contributed by atoms with Gasteiger partial charge in [-0.05, 0) is 37.1 Å². The van der Waals surface area contributed by atoms with Crippen molar-refractivity contribution in [1.82, 2.24) is 4.98 Å². The number of nitrogens with zero attached hydrogens (tertiary/aromatic N) is 1. The normalized spacial score (nSPS) is 10.7. The number of pyridine rings is 1. The Morgan fingerprint density at radius 2 is 2.00 bits per heavy atom. The highest BCUT2D eigenvalue weighted by Gasteiger charge is 2.06. The van der Waals surface area contributed by atoms with Gasteiger partial charge in [-0.1, -0.05) is 22.0 Å². The third kappa shape index (κ3) is 1.72. The van der Waals surface area contributed by atoms with E-state index in [1.54, 1.807) is 0 Å². The summed E-state index contributed by atoms with van der Waals surface area (Å²) in [6, 6.07) is 6.32. The minimum atomic E-state index is 0.948. The van der Waals surface area contributed by atoms with Crippen molar-refractivity contribution in [2.24, 2.45) is 0 Å². The molecular weight excluding hydrogens is 252 g/mol. The number of aromatic nitrogens is 1. The number of fused-ring (bicyclic) bond motifs is 1. The molecule has 2 nitrogen and oxygen atoms in total. The summed E-state index contributed by atoms with van der Waals surface area (Å²) in [6.07, 6.45) is 0. The lowest BCUT2D eigenvalue weighted by molar-refractivity contribution is 1.27. The Bertz CT molecular complexity index is 521. The van der Waals surface area contributed by atoms with E-state index in [0.717, 1.165) is 15.8 Å². The summed E-state index contributed by atoms with van der Waals surface area (Å²) in [5, 5.41) is 4.29. The smallest absolute Gasteiger partial charge is 0.129 e. The van der Waals surface area contributed by atoms with Crippen LogP contribution in [0.2, 0.25) is 0 Å². The van der Waals surface area contributed by atoms with E-state index in [1.165, 1.54) is 16.5 Å². The third-order valence-corrected chi connectivity index (χ3v) is 3.46. The lowest BCUT2D eigenvalue weighted by atomic mass is 10.1. The molecule has 0 aliphatic heterocycles. The van der Waals surface area contributed by atoms with Gasteiger partial charge in [0.15, 0.2) is 0 Å². The van der Waals surface area contributed by atoms with Gasteiger partial charge in [0, 0.05) is 16.9 Å². The first kappa shape index (κ1) is 10.4. The van der Waals surface area contributed by atoms with Gasteiger partial charge in [0.05, 0.1) is 5.52 Å². The van der Waals surface area contributed by atoms with Crippen LogP contribution in [0.1, 0.15) is 11.1 Å². The molecule has 0 saturated heterocycles. The molecule has 0 amide bonds. The summed E-state index contributed by atoms with van der Waals surface area (Å²) in [6.45, 7) is 4.14. The second kappa shape index (κ2) is 3.81. The zero-order valence-corrected chi connectivity index (χ0v) is 10.6. The Kier molecular flexibility index (Phi) is 2.65. The Morgan fingerprint density at radius 1 is 1.27 bits per heavy atom. The zero-order valence-electron chi connectivity index (χ0n) is 9.06. The van der Waals surface area contributed by atoms with Crippen LogP contribution >= 0.6 is 15.9 Å². The lowest BCUT2D eigenvalue weighted by Crippen LogP contribution is -1.97. The van der Waals surface area contributed by atoms with Gasteiger partial charge >= 0.3 is 0 Å². The van der Waals surface area contributed by atoms with Gasteiger partial charge in [0.25, 0.3) is 0 Å². The summed E-state index contributed by atoms with van der Waals surface area (Å²) in [4.78, 5) is 4.61. The van der Waals surface area contributed by atoms with Gasteiger partial charge in [-0.25, -0.2) is 4.98 Å². The number of rotatable bonds is 1. The van der Waals surface area contributed by atoms with E-state index >= 15 is 0 Å². The maximum Gasteiger partial charge on any atom is 0.129 e. The molecule has 0 spiro atoms. The van der Waals surface area contributed by atoms with Crippen LogP contribution in [0.5, 0.6) is 0 Å². The fourth-order valence-corrected chi connectivity index (χ4v) is 2.04. The van der Waals surface area contributed by atoms with E-state index in [0.29, 0.717) is 0 Å². The Morgan fingerprint density at radius 3 is 2.67 bits per heavy atom. The highest BCUT2D eigenvalue weighted by atomic mass is 79.9. The zero-order chi connectivity index (χ0) is 11.0. The maximum atomic E-state index is 4.61. The standard InChI is InChI=1S/C12H13BrN2/c1-7-6-9-4-5-10(13)8(2)11(9)15-12(7)14-3/h4-6H,1-3H3,(H,14,15). The molecule has 0 atom stereocenters. The Balaban J connectivity index is 2.82. The van der Waals surface area contributed by atoms with Crippen molar-refractivity contribution in [2.45, 2.75) is 13.8 Å². The van der Waals surface area contributed by atoms with E-state index in [-0.39, 0.29) is 0 Å². The van der Waals surface area contributed by atoms with E-state index in [9.17, 15) is 0 Å². The van der Waals surface area contributed by atoms with Gasteiger partial charge in [-0.3, -0.25) is 0 Å². The van der Waals surface area contributed by atoms with E-state index < -0.39 is 0 Å². The minimum absolute atomic E-state index is 0.948. The monoisotopic (exact) mass is 264 g/mol. The SMILES string of the molecule is CNc1nc2c(C)c(Br)ccc2cc1C. The number of hydrogen-bond donors (Lipinski definition) is 1. The van der Waals surface area contributed by atoms with Crippen molar-refractivity contribution in [3.05, 3.63) is 33.8 Å². The van der Waals surface area contributed by atoms with Gasteiger partial charge in [-0.2, -0.15) is 0 Å². The highest BCUT2D eigenvalue weighted by molar-refractivity contribution is 9.10. The molecule has 78 valence electrons. The summed E-state index contributed by atoms with van der Waals surface area (Å²) < 4.78 is 1.11. The Labute approximate surface area is 97.8 Å². The topological polar surface area (TPSA) is 24.9 Å². The molecule has 1 aromatic carbocycles. The molecule has 1 aromatic heterocycles. The number of benzene rings is 1. The maximum absolute atomic E-state index is 4.61. The molecule has 15 heavy (non-hydrogen) atoms. The molecule has 0 saturated carbocycles. The molecule has 1 heterocycles. The molecule has 3 heteroatoms. The van der Waals surface area contributed by atoms with E-state index in [1.807, 2.05) is 7.05 Å². The van der Waals surface area contributed by atoms with Crippen LogP contribution in [0.4, 0.5) is 5.82 Å². The van der Waals surface area contributed by atoms with Crippen LogP contribution in [0.15, 0.2) is 22.7 Å². The largest absolute Gasteiger partial charge is 0.373 e. The highest BCUT2D eigenvalue weighted by Crippen LogP contribution is 2.27. The first-order chi connectivity index (χ1) is 7.13. The predicted octanol–water partition coefficient (Wildman–Crippen LogP) is 3.66. The molecule has 0 radical (unpaired) electrons. The van der Waals surface area contributed by atoms with Crippen LogP contribution in [0.3, 0.4) is 0 Å². The summed E-state index contributed by atoms with van der Waals surface area (Å²) in [5.74, 6) is 0.948. The molecule has 1 N–H and O–H groups in total. The van der Waals surface area contributed by atoms with Crippen LogP contribution in [-0.4, -0.2) is 12.0 Å². The second-order valence-electron chi connectivity index (χ2n) is 3.65. The summed E-state index contributed by atoms with van der Waals surface area (Å²) >= 11 is 3.52. The first-order valence-electron chi connectivity index (χ1n) is 4.87. The average molecular weight is 265 g/mol. The number of anilines is 1. The van der Waals surface area contributed by atoms with Crippen molar-refractivity contribution in [3.63, 3.8) is 0 Å². The number of halogens is 1. The second-order valence-corrected chi connectivity index (χ2v) is 4.50. The number of nitrogens with one attached hydrogen (secondary N) is 1. The van der Waals surface area contributed by atoms with Crippen molar-refractivity contribution >= 4 is 32.7 Å². The van der Waals surface area contributed by atoms with Crippen LogP contribution in [0, 0.1) is 13.8 Å². The van der Waals surface area contributed by atoms with Crippen LogP contribution in [-0.2, 0) is 0 Å². The number of aryl methyl sites for hydroxylation is 2. The fourth-order valence-electron chi connectivity index (χ4n) is 1.72. The molecule has 0 aliphatic carbocycles. The van der Waals surface area contributed by atoms with Crippen LogP contribution < -0.4 is 5.32 Å². The number of hydrogen-bond acceptors (Lipinski definition) is 2. The summed E-state index contributed by atoms with van der Waals surface area (Å²) in [5.41, 5.74) is 3.41. The fraction of sp³-hybridized carbons (Fsp3) is 0.250. The molecule has 2 aromatic rings. The van der Waals surface area contributed by atoms with Gasteiger partial charge < -0.3 is 5.32 Å². The molecule has 0 bridgehead atoms. The van der Waals surface area contributed by atoms with E-state index in [2.05, 4.69) is 58.3 Å². The van der Waals surface area contributed by atoms with Gasteiger partial charge in [0.1, 0.15) is 5.82 Å². The molecular formula is C12H13BrN2. The molecule has 2 rings (SSSR count). The van der Waals surface area contributed by atoms with Crippen LogP contribution in [0.25, 0.3) is 10.9 Å². The lowest BCUT2D eigenvalue weighted by Gasteiger charge is -2.09.